The Morgan fingerprint density at radius 1 is 1.04 bits per heavy atom. The molecule has 0 radical (unpaired) electrons. The molecule has 7 nitrogen and oxygen atoms in total. The molecule has 3 aliphatic heterocycles. The molecule has 3 amide bonds. The van der Waals surface area contributed by atoms with Crippen molar-refractivity contribution in [2.45, 2.75) is 31.7 Å². The second-order valence-corrected chi connectivity index (χ2v) is 7.50. The number of carbonyl (C=O) groups is 3. The molecule has 2 saturated heterocycles. The molecule has 2 fully saturated rings. The van der Waals surface area contributed by atoms with Crippen LogP contribution >= 0.6 is 0 Å². The maximum absolute atomic E-state index is 12.6. The van der Waals surface area contributed by atoms with E-state index in [-0.39, 0.29) is 23.8 Å². The Morgan fingerprint density at radius 2 is 1.81 bits per heavy atom. The Bertz CT molecular complexity index is 742. The second kappa shape index (κ2) is 7.68. The third-order valence-corrected chi connectivity index (χ3v) is 5.81. The van der Waals surface area contributed by atoms with Crippen LogP contribution < -0.4 is 10.2 Å². The van der Waals surface area contributed by atoms with E-state index in [1.807, 2.05) is 28.0 Å². The quantitative estimate of drug-likeness (QED) is 0.832. The summed E-state index contributed by atoms with van der Waals surface area (Å²) in [6.07, 6.45) is 2.48. The number of para-hydroxylation sites is 1. The van der Waals surface area contributed by atoms with Gasteiger partial charge in [-0.25, -0.2) is 0 Å². The van der Waals surface area contributed by atoms with E-state index in [0.29, 0.717) is 32.4 Å². The first-order valence-corrected chi connectivity index (χ1v) is 9.80. The molecule has 0 saturated carbocycles. The largest absolute Gasteiger partial charge is 0.344 e. The highest BCUT2D eigenvalue weighted by atomic mass is 16.2. The van der Waals surface area contributed by atoms with Crippen LogP contribution in [0.2, 0.25) is 0 Å². The molecule has 1 aromatic carbocycles. The van der Waals surface area contributed by atoms with Crippen LogP contribution in [0, 0.1) is 0 Å². The van der Waals surface area contributed by atoms with Crippen LogP contribution in [0.5, 0.6) is 0 Å². The van der Waals surface area contributed by atoms with Gasteiger partial charge in [0.25, 0.3) is 0 Å². The van der Waals surface area contributed by atoms with Crippen molar-refractivity contribution < 1.29 is 14.4 Å². The molecule has 1 atom stereocenters. The van der Waals surface area contributed by atoms with Crippen LogP contribution in [-0.2, 0) is 20.8 Å². The zero-order valence-corrected chi connectivity index (χ0v) is 15.5. The van der Waals surface area contributed by atoms with Crippen LogP contribution in [-0.4, -0.2) is 72.8 Å². The van der Waals surface area contributed by atoms with E-state index < -0.39 is 0 Å². The second-order valence-electron chi connectivity index (χ2n) is 7.50. The molecule has 4 rings (SSSR count). The number of rotatable bonds is 4. The molecule has 0 aromatic heterocycles. The maximum Gasteiger partial charge on any atom is 0.245 e. The van der Waals surface area contributed by atoms with Gasteiger partial charge in [-0.2, -0.15) is 0 Å². The zero-order valence-electron chi connectivity index (χ0n) is 15.5. The molecule has 3 heterocycles. The number of nitrogens with one attached hydrogen (secondary N) is 1. The van der Waals surface area contributed by atoms with Crippen molar-refractivity contribution in [2.24, 2.45) is 0 Å². The molecule has 1 unspecified atom stereocenters. The maximum atomic E-state index is 12.6. The van der Waals surface area contributed by atoms with E-state index in [0.717, 1.165) is 38.3 Å². The Balaban J connectivity index is 1.22. The van der Waals surface area contributed by atoms with Crippen LogP contribution in [0.3, 0.4) is 0 Å². The van der Waals surface area contributed by atoms with Gasteiger partial charge < -0.3 is 15.1 Å². The zero-order chi connectivity index (χ0) is 18.8. The highest BCUT2D eigenvalue weighted by molar-refractivity contribution is 5.95. The van der Waals surface area contributed by atoms with Gasteiger partial charge in [0.05, 0.1) is 0 Å². The Kier molecular flexibility index (Phi) is 5.11. The third kappa shape index (κ3) is 3.83. The summed E-state index contributed by atoms with van der Waals surface area (Å²) in [5.41, 5.74) is 2.30. The lowest BCUT2D eigenvalue weighted by atomic mass is 10.1. The smallest absolute Gasteiger partial charge is 0.245 e. The fourth-order valence-electron chi connectivity index (χ4n) is 4.20. The lowest BCUT2D eigenvalue weighted by molar-refractivity contribution is -0.136. The van der Waals surface area contributed by atoms with Gasteiger partial charge in [-0.15, -0.1) is 0 Å². The fourth-order valence-corrected chi connectivity index (χ4v) is 4.20. The lowest BCUT2D eigenvalue weighted by Gasteiger charge is -2.36. The average molecular weight is 370 g/mol. The lowest BCUT2D eigenvalue weighted by Crippen LogP contribution is -2.53. The summed E-state index contributed by atoms with van der Waals surface area (Å²) >= 11 is 0. The number of hydrogen-bond donors (Lipinski definition) is 1. The molecule has 3 aliphatic rings. The van der Waals surface area contributed by atoms with E-state index in [1.165, 1.54) is 5.56 Å². The summed E-state index contributed by atoms with van der Waals surface area (Å²) in [5.74, 6) is 0.173. The number of amides is 3. The molecule has 1 aromatic rings. The number of hydrogen-bond acceptors (Lipinski definition) is 4. The molecule has 27 heavy (non-hydrogen) atoms. The molecule has 0 aliphatic carbocycles. The monoisotopic (exact) mass is 370 g/mol. The fraction of sp³-hybridized carbons (Fsp3) is 0.550. The first kappa shape index (κ1) is 18.0. The number of carbonyl (C=O) groups excluding carboxylic acids is 3. The minimum Gasteiger partial charge on any atom is -0.344 e. The number of fused-ring (bicyclic) bond motifs is 1. The summed E-state index contributed by atoms with van der Waals surface area (Å²) in [6.45, 7) is 4.36. The average Bonchev–Trinajstić information content (AvgIpc) is 3.32. The van der Waals surface area contributed by atoms with Gasteiger partial charge >= 0.3 is 0 Å². The van der Waals surface area contributed by atoms with Gasteiger partial charge in [-0.1, -0.05) is 18.2 Å². The Hall–Kier alpha value is -2.41. The topological polar surface area (TPSA) is 73.0 Å². The van der Waals surface area contributed by atoms with Crippen molar-refractivity contribution in [1.82, 2.24) is 15.1 Å². The Labute approximate surface area is 159 Å². The van der Waals surface area contributed by atoms with Crippen molar-refractivity contribution >= 4 is 23.4 Å². The van der Waals surface area contributed by atoms with Gasteiger partial charge in [-0.3, -0.25) is 19.3 Å². The SMILES string of the molecule is O=C1CCC(C(=O)N2CCN(CCC(=O)N3CCc4ccccc43)CC2)N1. The third-order valence-electron chi connectivity index (χ3n) is 5.81. The minimum absolute atomic E-state index is 0.0326. The molecule has 7 heteroatoms. The summed E-state index contributed by atoms with van der Waals surface area (Å²) in [6, 6.07) is 7.76. The van der Waals surface area contributed by atoms with Crippen LogP contribution in [0.4, 0.5) is 5.69 Å². The first-order valence-electron chi connectivity index (χ1n) is 9.80. The molecular formula is C20H26N4O3. The van der Waals surface area contributed by atoms with Crippen molar-refractivity contribution in [2.75, 3.05) is 44.2 Å². The van der Waals surface area contributed by atoms with Crippen LogP contribution in [0.15, 0.2) is 24.3 Å². The van der Waals surface area contributed by atoms with E-state index in [2.05, 4.69) is 16.3 Å². The molecule has 0 bridgehead atoms. The molecular weight excluding hydrogens is 344 g/mol. The van der Waals surface area contributed by atoms with E-state index in [1.54, 1.807) is 0 Å². The van der Waals surface area contributed by atoms with Crippen molar-refractivity contribution in [3.8, 4) is 0 Å². The van der Waals surface area contributed by atoms with E-state index in [9.17, 15) is 14.4 Å². The van der Waals surface area contributed by atoms with Gasteiger partial charge in [0, 0.05) is 57.8 Å². The number of anilines is 1. The standard InChI is InChI=1S/C20H26N4O3/c25-18-6-5-16(21-18)20(27)23-13-11-22(12-14-23)9-8-19(26)24-10-7-15-3-1-2-4-17(15)24/h1-4,16H,5-14H2,(H,21,25). The summed E-state index contributed by atoms with van der Waals surface area (Å²) in [5, 5.41) is 2.75. The number of benzene rings is 1. The molecule has 1 N–H and O–H groups in total. The predicted molar refractivity (Wildman–Crippen MR) is 101 cm³/mol. The van der Waals surface area contributed by atoms with Crippen LogP contribution in [0.1, 0.15) is 24.8 Å². The normalized spacial score (nSPS) is 22.7. The van der Waals surface area contributed by atoms with Gasteiger partial charge in [-0.05, 0) is 24.5 Å². The Morgan fingerprint density at radius 3 is 2.56 bits per heavy atom. The van der Waals surface area contributed by atoms with Crippen molar-refractivity contribution in [1.29, 1.82) is 0 Å². The van der Waals surface area contributed by atoms with Crippen molar-refractivity contribution in [3.05, 3.63) is 29.8 Å². The number of nitrogens with zero attached hydrogens (tertiary/aromatic N) is 3. The predicted octanol–water partition coefficient (Wildman–Crippen LogP) is 0.389. The minimum atomic E-state index is -0.346. The van der Waals surface area contributed by atoms with E-state index in [4.69, 9.17) is 0 Å². The van der Waals surface area contributed by atoms with Gasteiger partial charge in [0.15, 0.2) is 0 Å². The van der Waals surface area contributed by atoms with Gasteiger partial charge in [0.2, 0.25) is 17.7 Å². The summed E-state index contributed by atoms with van der Waals surface area (Å²) in [7, 11) is 0. The van der Waals surface area contributed by atoms with Gasteiger partial charge in [0.1, 0.15) is 6.04 Å². The highest BCUT2D eigenvalue weighted by Gasteiger charge is 2.32. The summed E-state index contributed by atoms with van der Waals surface area (Å²) in [4.78, 5) is 42.4. The summed E-state index contributed by atoms with van der Waals surface area (Å²) < 4.78 is 0. The highest BCUT2D eigenvalue weighted by Crippen LogP contribution is 2.27. The van der Waals surface area contributed by atoms with Crippen LogP contribution in [0.25, 0.3) is 0 Å². The van der Waals surface area contributed by atoms with Crippen molar-refractivity contribution in [3.63, 3.8) is 0 Å². The molecule has 144 valence electrons. The van der Waals surface area contributed by atoms with E-state index >= 15 is 0 Å². The molecule has 0 spiro atoms. The number of piperazine rings is 1. The first-order chi connectivity index (χ1) is 13.1.